The molecule has 0 aromatic rings. The van der Waals surface area contributed by atoms with Gasteiger partial charge in [-0.05, 0) is 71.4 Å². The van der Waals surface area contributed by atoms with Crippen LogP contribution in [0.25, 0.3) is 0 Å². The molecule has 1 spiro atoms. The second kappa shape index (κ2) is 5.50. The van der Waals surface area contributed by atoms with Gasteiger partial charge in [-0.1, -0.05) is 6.42 Å². The van der Waals surface area contributed by atoms with E-state index in [0.717, 1.165) is 30.7 Å². The standard InChI is InChI=1S/C18H32N2O/c1-3-21-17-11-16(18(17)7-4-8-18)19-12-13-9-14-5-6-15(10-13)20(14)2/h13-17,19H,3-12H2,1-2H3. The Labute approximate surface area is 129 Å². The van der Waals surface area contributed by atoms with E-state index in [1.54, 1.807) is 0 Å². The fraction of sp³-hybridized carbons (Fsp3) is 1.00. The molecular weight excluding hydrogens is 260 g/mol. The van der Waals surface area contributed by atoms with E-state index in [-0.39, 0.29) is 0 Å². The van der Waals surface area contributed by atoms with Crippen LogP contribution < -0.4 is 5.32 Å². The summed E-state index contributed by atoms with van der Waals surface area (Å²) in [6.07, 6.45) is 11.8. The van der Waals surface area contributed by atoms with Gasteiger partial charge in [0.05, 0.1) is 6.10 Å². The van der Waals surface area contributed by atoms with Crippen molar-refractivity contribution in [3.63, 3.8) is 0 Å². The lowest BCUT2D eigenvalue weighted by atomic mass is 9.51. The molecule has 4 rings (SSSR count). The van der Waals surface area contributed by atoms with Crippen molar-refractivity contribution in [3.8, 4) is 0 Å². The van der Waals surface area contributed by atoms with Gasteiger partial charge in [-0.3, -0.25) is 0 Å². The van der Waals surface area contributed by atoms with Gasteiger partial charge in [0, 0.05) is 30.1 Å². The molecule has 3 heteroatoms. The first-order valence-corrected chi connectivity index (χ1v) is 9.30. The summed E-state index contributed by atoms with van der Waals surface area (Å²) < 4.78 is 5.97. The molecule has 1 N–H and O–H groups in total. The normalized spacial score (nSPS) is 44.6. The van der Waals surface area contributed by atoms with Crippen molar-refractivity contribution in [2.24, 2.45) is 11.3 Å². The van der Waals surface area contributed by atoms with Crippen LogP contribution >= 0.6 is 0 Å². The van der Waals surface area contributed by atoms with Crippen LogP contribution in [-0.2, 0) is 4.74 Å². The van der Waals surface area contributed by atoms with Crippen LogP contribution in [0.1, 0.15) is 58.3 Å². The predicted octanol–water partition coefficient (Wildman–Crippen LogP) is 2.80. The Kier molecular flexibility index (Phi) is 3.79. The van der Waals surface area contributed by atoms with Gasteiger partial charge < -0.3 is 15.0 Å². The molecule has 4 aliphatic rings. The highest BCUT2D eigenvalue weighted by Gasteiger charge is 2.58. The largest absolute Gasteiger partial charge is 0.378 e. The van der Waals surface area contributed by atoms with Crippen LogP contribution in [0.3, 0.4) is 0 Å². The van der Waals surface area contributed by atoms with E-state index in [1.165, 1.54) is 57.9 Å². The smallest absolute Gasteiger partial charge is 0.0661 e. The van der Waals surface area contributed by atoms with Crippen LogP contribution in [0.2, 0.25) is 0 Å². The highest BCUT2D eigenvalue weighted by atomic mass is 16.5. The van der Waals surface area contributed by atoms with E-state index in [2.05, 4.69) is 24.2 Å². The summed E-state index contributed by atoms with van der Waals surface area (Å²) in [6.45, 7) is 4.28. The molecule has 2 saturated carbocycles. The minimum absolute atomic E-state index is 0.528. The Hall–Kier alpha value is -0.120. The fourth-order valence-corrected chi connectivity index (χ4v) is 5.72. The summed E-state index contributed by atoms with van der Waals surface area (Å²) in [5.41, 5.74) is 0.528. The summed E-state index contributed by atoms with van der Waals surface area (Å²) >= 11 is 0. The molecule has 0 amide bonds. The van der Waals surface area contributed by atoms with E-state index in [4.69, 9.17) is 4.74 Å². The number of piperidine rings is 1. The first-order chi connectivity index (χ1) is 10.2. The molecule has 2 heterocycles. The minimum Gasteiger partial charge on any atom is -0.378 e. The Bertz CT molecular complexity index is 367. The number of rotatable bonds is 5. The molecule has 3 nitrogen and oxygen atoms in total. The first kappa shape index (κ1) is 14.5. The molecule has 2 bridgehead atoms. The third kappa shape index (κ3) is 2.27. The Morgan fingerprint density at radius 3 is 2.43 bits per heavy atom. The van der Waals surface area contributed by atoms with E-state index in [1.807, 2.05) is 0 Å². The van der Waals surface area contributed by atoms with Gasteiger partial charge >= 0.3 is 0 Å². The Balaban J connectivity index is 1.28. The zero-order chi connectivity index (χ0) is 14.4. The van der Waals surface area contributed by atoms with Crippen LogP contribution in [0.5, 0.6) is 0 Å². The number of ether oxygens (including phenoxy) is 1. The molecule has 2 saturated heterocycles. The monoisotopic (exact) mass is 292 g/mol. The summed E-state index contributed by atoms with van der Waals surface area (Å²) in [5, 5.41) is 3.96. The van der Waals surface area contributed by atoms with Gasteiger partial charge in [-0.25, -0.2) is 0 Å². The maximum Gasteiger partial charge on any atom is 0.0661 e. The Morgan fingerprint density at radius 1 is 1.14 bits per heavy atom. The van der Waals surface area contributed by atoms with Gasteiger partial charge in [-0.15, -0.1) is 0 Å². The van der Waals surface area contributed by atoms with Gasteiger partial charge in [0.15, 0.2) is 0 Å². The minimum atomic E-state index is 0.528. The van der Waals surface area contributed by atoms with Crippen molar-refractivity contribution in [1.29, 1.82) is 0 Å². The van der Waals surface area contributed by atoms with Gasteiger partial charge in [0.25, 0.3) is 0 Å². The summed E-state index contributed by atoms with van der Waals surface area (Å²) in [7, 11) is 2.34. The summed E-state index contributed by atoms with van der Waals surface area (Å²) in [5.74, 6) is 0.918. The van der Waals surface area contributed by atoms with Crippen molar-refractivity contribution in [2.45, 2.75) is 82.5 Å². The van der Waals surface area contributed by atoms with Gasteiger partial charge in [0.2, 0.25) is 0 Å². The van der Waals surface area contributed by atoms with Crippen molar-refractivity contribution < 1.29 is 4.74 Å². The van der Waals surface area contributed by atoms with Crippen molar-refractivity contribution >= 4 is 0 Å². The number of nitrogens with one attached hydrogen (secondary N) is 1. The molecule has 2 aliphatic heterocycles. The van der Waals surface area contributed by atoms with Gasteiger partial charge in [0.1, 0.15) is 0 Å². The number of hydrogen-bond donors (Lipinski definition) is 1. The topological polar surface area (TPSA) is 24.5 Å². The fourth-order valence-electron chi connectivity index (χ4n) is 5.72. The third-order valence-corrected chi connectivity index (χ3v) is 7.29. The maximum absolute atomic E-state index is 5.97. The van der Waals surface area contributed by atoms with Crippen molar-refractivity contribution in [1.82, 2.24) is 10.2 Å². The maximum atomic E-state index is 5.97. The quantitative estimate of drug-likeness (QED) is 0.843. The molecule has 4 atom stereocenters. The van der Waals surface area contributed by atoms with E-state index in [0.29, 0.717) is 11.5 Å². The lowest BCUT2D eigenvalue weighted by Gasteiger charge is -2.61. The van der Waals surface area contributed by atoms with E-state index >= 15 is 0 Å². The lowest BCUT2D eigenvalue weighted by molar-refractivity contribution is -0.173. The second-order valence-corrected chi connectivity index (χ2v) is 8.12. The summed E-state index contributed by atoms with van der Waals surface area (Å²) in [6, 6.07) is 2.51. The molecule has 0 aromatic carbocycles. The van der Waals surface area contributed by atoms with Crippen molar-refractivity contribution in [3.05, 3.63) is 0 Å². The molecule has 4 unspecified atom stereocenters. The average molecular weight is 292 g/mol. The van der Waals surface area contributed by atoms with Crippen molar-refractivity contribution in [2.75, 3.05) is 20.2 Å². The first-order valence-electron chi connectivity index (χ1n) is 9.30. The summed E-state index contributed by atoms with van der Waals surface area (Å²) in [4.78, 5) is 2.65. The third-order valence-electron chi connectivity index (χ3n) is 7.29. The zero-order valence-electron chi connectivity index (χ0n) is 13.8. The van der Waals surface area contributed by atoms with Gasteiger partial charge in [-0.2, -0.15) is 0 Å². The number of hydrogen-bond acceptors (Lipinski definition) is 3. The lowest BCUT2D eigenvalue weighted by Crippen LogP contribution is -2.67. The molecule has 0 radical (unpaired) electrons. The van der Waals surface area contributed by atoms with Crippen LogP contribution in [0, 0.1) is 11.3 Å². The average Bonchev–Trinajstić information content (AvgIpc) is 2.62. The van der Waals surface area contributed by atoms with Crippen LogP contribution in [0.4, 0.5) is 0 Å². The number of nitrogens with zero attached hydrogens (tertiary/aromatic N) is 1. The zero-order valence-corrected chi connectivity index (χ0v) is 13.8. The van der Waals surface area contributed by atoms with Crippen LogP contribution in [0.15, 0.2) is 0 Å². The SMILES string of the molecule is CCOC1CC(NCC2CC3CCC(C2)N3C)C12CCC2. The number of fused-ring (bicyclic) bond motifs is 2. The Morgan fingerprint density at radius 2 is 1.86 bits per heavy atom. The molecule has 0 aromatic heterocycles. The molecule has 2 aliphatic carbocycles. The molecule has 21 heavy (non-hydrogen) atoms. The van der Waals surface area contributed by atoms with E-state index in [9.17, 15) is 0 Å². The predicted molar refractivity (Wildman–Crippen MR) is 85.4 cm³/mol. The molecule has 4 fully saturated rings. The molecular formula is C18H32N2O. The highest BCUT2D eigenvalue weighted by molar-refractivity contribution is 5.12. The second-order valence-electron chi connectivity index (χ2n) is 8.12. The van der Waals surface area contributed by atoms with Crippen LogP contribution in [-0.4, -0.2) is 49.3 Å². The highest BCUT2D eigenvalue weighted by Crippen LogP contribution is 2.57. The van der Waals surface area contributed by atoms with E-state index < -0.39 is 0 Å². The molecule has 120 valence electrons.